The lowest BCUT2D eigenvalue weighted by Gasteiger charge is -2.45. The Morgan fingerprint density at radius 2 is 1.56 bits per heavy atom. The van der Waals surface area contributed by atoms with E-state index in [9.17, 15) is 26.3 Å². The van der Waals surface area contributed by atoms with Gasteiger partial charge < -0.3 is 16.2 Å². The highest BCUT2D eigenvalue weighted by Gasteiger charge is 2.44. The zero-order chi connectivity index (χ0) is 24.8. The van der Waals surface area contributed by atoms with E-state index in [-0.39, 0.29) is 41.1 Å². The lowest BCUT2D eigenvalue weighted by Crippen LogP contribution is -2.58. The largest absolute Gasteiger partial charge is 0.449 e. The van der Waals surface area contributed by atoms with E-state index in [1.165, 1.54) is 17.9 Å². The smallest absolute Gasteiger partial charge is 0.416 e. The lowest BCUT2D eigenvalue weighted by molar-refractivity contribution is -0.138. The van der Waals surface area contributed by atoms with E-state index < -0.39 is 40.6 Å². The van der Waals surface area contributed by atoms with Crippen molar-refractivity contribution >= 4 is 17.6 Å². The number of nitrogens with zero attached hydrogens (tertiary/aromatic N) is 3. The molecule has 12 heteroatoms. The third kappa shape index (κ3) is 4.24. The van der Waals surface area contributed by atoms with E-state index in [1.54, 1.807) is 0 Å². The van der Waals surface area contributed by atoms with Crippen LogP contribution in [0.4, 0.5) is 32.0 Å². The van der Waals surface area contributed by atoms with Gasteiger partial charge in [0, 0.05) is 6.07 Å². The maximum absolute atomic E-state index is 14.7. The first-order valence-corrected chi connectivity index (χ1v) is 10.5. The number of anilines is 1. The molecule has 1 fully saturated rings. The van der Waals surface area contributed by atoms with Crippen molar-refractivity contribution in [3.63, 3.8) is 0 Å². The molecular weight excluding hydrogens is 464 g/mol. The van der Waals surface area contributed by atoms with E-state index in [4.69, 9.17) is 16.2 Å². The number of aryl methyl sites for hydroxylation is 1. The van der Waals surface area contributed by atoms with Gasteiger partial charge in [0.1, 0.15) is 11.5 Å². The molecule has 2 aromatic rings. The van der Waals surface area contributed by atoms with E-state index in [0.717, 1.165) is 25.3 Å². The standard InChI is InChI=1S/C22H21F6N5O/c1-11-7-17(34-18-14(24)8-12(9-15(18)25)22(26,27)28)16(10-13(11)23)33-20(30)31-19(29)32-21(33)5-3-2-4-6-21/h7-10H,2-6H2,1H3,(H4,29,30,31,32). The zero-order valence-corrected chi connectivity index (χ0v) is 18.0. The fourth-order valence-electron chi connectivity index (χ4n) is 4.30. The van der Waals surface area contributed by atoms with Gasteiger partial charge in [0.2, 0.25) is 11.9 Å². The van der Waals surface area contributed by atoms with Crippen LogP contribution in [-0.4, -0.2) is 17.6 Å². The molecule has 1 aliphatic carbocycles. The minimum atomic E-state index is -4.96. The highest BCUT2D eigenvalue weighted by Crippen LogP contribution is 2.45. The predicted octanol–water partition coefficient (Wildman–Crippen LogP) is 5.33. The average molecular weight is 485 g/mol. The van der Waals surface area contributed by atoms with Gasteiger partial charge in [0.25, 0.3) is 0 Å². The molecule has 1 spiro atoms. The Hall–Kier alpha value is -3.44. The zero-order valence-electron chi connectivity index (χ0n) is 18.0. The van der Waals surface area contributed by atoms with Crippen LogP contribution in [0, 0.1) is 24.4 Å². The Bertz CT molecular complexity index is 1160. The molecule has 0 bridgehead atoms. The molecule has 0 aromatic heterocycles. The fourth-order valence-corrected chi connectivity index (χ4v) is 4.30. The summed E-state index contributed by atoms with van der Waals surface area (Å²) in [5.41, 5.74) is 9.48. The molecule has 4 N–H and O–H groups in total. The minimum absolute atomic E-state index is 0.0406. The molecule has 2 aliphatic rings. The first-order chi connectivity index (χ1) is 15.9. The summed E-state index contributed by atoms with van der Waals surface area (Å²) in [6.45, 7) is 1.39. The molecule has 4 rings (SSSR count). The van der Waals surface area contributed by atoms with Crippen LogP contribution in [0.3, 0.4) is 0 Å². The number of halogens is 6. The summed E-state index contributed by atoms with van der Waals surface area (Å²) in [6, 6.07) is 2.48. The van der Waals surface area contributed by atoms with Crippen LogP contribution in [0.5, 0.6) is 11.5 Å². The topological polar surface area (TPSA) is 89.2 Å². The second-order valence-corrected chi connectivity index (χ2v) is 8.26. The summed E-state index contributed by atoms with van der Waals surface area (Å²) in [5, 5.41) is 0. The van der Waals surface area contributed by atoms with Gasteiger partial charge in [-0.1, -0.05) is 6.42 Å². The molecule has 34 heavy (non-hydrogen) atoms. The molecule has 1 heterocycles. The summed E-state index contributed by atoms with van der Waals surface area (Å²) < 4.78 is 87.9. The molecule has 0 amide bonds. The summed E-state index contributed by atoms with van der Waals surface area (Å²) in [7, 11) is 0. The average Bonchev–Trinajstić information content (AvgIpc) is 2.73. The second-order valence-electron chi connectivity index (χ2n) is 8.26. The number of aliphatic imine (C=N–C) groups is 2. The van der Waals surface area contributed by atoms with Crippen LogP contribution < -0.4 is 21.1 Å². The fraction of sp³-hybridized carbons (Fsp3) is 0.364. The van der Waals surface area contributed by atoms with Crippen molar-refractivity contribution in [3.8, 4) is 11.5 Å². The van der Waals surface area contributed by atoms with Gasteiger partial charge in [0.05, 0.1) is 11.3 Å². The number of nitrogens with two attached hydrogens (primary N) is 2. The third-order valence-electron chi connectivity index (χ3n) is 5.87. The van der Waals surface area contributed by atoms with Crippen molar-refractivity contribution < 1.29 is 31.1 Å². The van der Waals surface area contributed by atoms with Crippen LogP contribution in [0.15, 0.2) is 34.3 Å². The van der Waals surface area contributed by atoms with Crippen LogP contribution in [-0.2, 0) is 6.18 Å². The first kappa shape index (κ1) is 23.7. The van der Waals surface area contributed by atoms with Crippen molar-refractivity contribution in [2.75, 3.05) is 4.90 Å². The van der Waals surface area contributed by atoms with E-state index in [0.29, 0.717) is 12.8 Å². The molecule has 6 nitrogen and oxygen atoms in total. The number of ether oxygens (including phenoxy) is 1. The highest BCUT2D eigenvalue weighted by molar-refractivity contribution is 6.06. The van der Waals surface area contributed by atoms with E-state index >= 15 is 0 Å². The number of alkyl halides is 3. The summed E-state index contributed by atoms with van der Waals surface area (Å²) in [6.07, 6.45) is -1.54. The number of rotatable bonds is 3. The highest BCUT2D eigenvalue weighted by atomic mass is 19.4. The minimum Gasteiger partial charge on any atom is -0.449 e. The molecule has 2 aromatic carbocycles. The van der Waals surface area contributed by atoms with Crippen LogP contribution in [0.2, 0.25) is 0 Å². The maximum Gasteiger partial charge on any atom is 0.416 e. The number of benzene rings is 2. The van der Waals surface area contributed by atoms with Gasteiger partial charge in [-0.2, -0.15) is 18.2 Å². The lowest BCUT2D eigenvalue weighted by atomic mass is 9.87. The van der Waals surface area contributed by atoms with Crippen LogP contribution in [0.25, 0.3) is 0 Å². The summed E-state index contributed by atoms with van der Waals surface area (Å²) in [5.74, 6) is -5.33. The van der Waals surface area contributed by atoms with Gasteiger partial charge in [-0.15, -0.1) is 0 Å². The van der Waals surface area contributed by atoms with Gasteiger partial charge in [0.15, 0.2) is 23.1 Å². The van der Waals surface area contributed by atoms with Gasteiger partial charge in [-0.05, 0) is 56.4 Å². The van der Waals surface area contributed by atoms with Gasteiger partial charge >= 0.3 is 6.18 Å². The summed E-state index contributed by atoms with van der Waals surface area (Å²) >= 11 is 0. The Morgan fingerprint density at radius 1 is 0.941 bits per heavy atom. The van der Waals surface area contributed by atoms with Crippen molar-refractivity contribution in [1.29, 1.82) is 0 Å². The molecule has 1 aliphatic heterocycles. The van der Waals surface area contributed by atoms with Gasteiger partial charge in [-0.25, -0.2) is 18.2 Å². The van der Waals surface area contributed by atoms with Gasteiger partial charge in [-0.3, -0.25) is 4.90 Å². The Balaban J connectivity index is 1.84. The Morgan fingerprint density at radius 3 is 2.15 bits per heavy atom. The predicted molar refractivity (Wildman–Crippen MR) is 114 cm³/mol. The van der Waals surface area contributed by atoms with Crippen molar-refractivity contribution in [1.82, 2.24) is 0 Å². The maximum atomic E-state index is 14.7. The van der Waals surface area contributed by atoms with Crippen LogP contribution >= 0.6 is 0 Å². The molecule has 0 saturated heterocycles. The van der Waals surface area contributed by atoms with Crippen LogP contribution in [0.1, 0.15) is 43.2 Å². The van der Waals surface area contributed by atoms with Crippen molar-refractivity contribution in [2.45, 2.75) is 50.9 Å². The second kappa shape index (κ2) is 8.41. The van der Waals surface area contributed by atoms with Crippen molar-refractivity contribution in [2.24, 2.45) is 21.5 Å². The van der Waals surface area contributed by atoms with Crippen molar-refractivity contribution in [3.05, 3.63) is 52.8 Å². The Kier molecular flexibility index (Phi) is 5.86. The van der Waals surface area contributed by atoms with E-state index in [1.807, 2.05) is 0 Å². The monoisotopic (exact) mass is 485 g/mol. The molecule has 182 valence electrons. The number of hydrogen-bond acceptors (Lipinski definition) is 6. The third-order valence-corrected chi connectivity index (χ3v) is 5.87. The molecule has 0 radical (unpaired) electrons. The molecule has 0 atom stereocenters. The first-order valence-electron chi connectivity index (χ1n) is 10.5. The SMILES string of the molecule is Cc1cc(Oc2c(F)cc(C(F)(F)F)cc2F)c(N2C(N)=NC(N)=NC23CCCCC3)cc1F. The number of hydrogen-bond donors (Lipinski definition) is 2. The summed E-state index contributed by atoms with van der Waals surface area (Å²) in [4.78, 5) is 9.82. The normalized spacial score (nSPS) is 18.0. The Labute approximate surface area is 190 Å². The molecule has 0 unspecified atom stereocenters. The molecular formula is C22H21F6N5O. The number of guanidine groups is 2. The van der Waals surface area contributed by atoms with E-state index in [2.05, 4.69) is 9.98 Å². The quantitative estimate of drug-likeness (QED) is 0.575. The molecule has 1 saturated carbocycles.